The fourth-order valence-corrected chi connectivity index (χ4v) is 2.19. The molecule has 5 heteroatoms. The van der Waals surface area contributed by atoms with Gasteiger partial charge in [-0.3, -0.25) is 9.78 Å². The third-order valence-corrected chi connectivity index (χ3v) is 3.16. The van der Waals surface area contributed by atoms with Crippen LogP contribution in [-0.2, 0) is 6.42 Å². The normalized spacial score (nSPS) is 17.1. The minimum Gasteiger partial charge on any atom is -0.348 e. The van der Waals surface area contributed by atoms with Crippen molar-refractivity contribution in [1.82, 2.24) is 15.3 Å². The summed E-state index contributed by atoms with van der Waals surface area (Å²) in [4.78, 5) is 20.6. The minimum atomic E-state index is -0.0624. The Morgan fingerprint density at radius 3 is 2.76 bits per heavy atom. The van der Waals surface area contributed by atoms with Gasteiger partial charge in [0, 0.05) is 20.2 Å². The lowest BCUT2D eigenvalue weighted by atomic mass is 9.93. The molecule has 0 saturated carbocycles. The van der Waals surface area contributed by atoms with Gasteiger partial charge < -0.3 is 10.2 Å². The monoisotopic (exact) mass is 236 g/mol. The standard InChI is InChI=1S/C12H20N4O/c1-16(2)12-14-10(8-11(17)15-12)7-9-3-5-13-6-4-9/h8-9,13H,3-7H2,1-2H3,(H,14,15,17). The third kappa shape index (κ3) is 3.30. The van der Waals surface area contributed by atoms with E-state index in [-0.39, 0.29) is 5.56 Å². The molecule has 1 aromatic heterocycles. The van der Waals surface area contributed by atoms with Gasteiger partial charge >= 0.3 is 0 Å². The first-order valence-corrected chi connectivity index (χ1v) is 6.13. The molecule has 2 heterocycles. The summed E-state index contributed by atoms with van der Waals surface area (Å²) in [5.41, 5.74) is 0.844. The smallest absolute Gasteiger partial charge is 0.252 e. The van der Waals surface area contributed by atoms with E-state index in [1.54, 1.807) is 6.07 Å². The Balaban J connectivity index is 2.11. The maximum absolute atomic E-state index is 11.5. The van der Waals surface area contributed by atoms with E-state index in [4.69, 9.17) is 0 Å². The van der Waals surface area contributed by atoms with Crippen LogP contribution in [0.25, 0.3) is 0 Å². The highest BCUT2D eigenvalue weighted by Gasteiger charge is 2.15. The summed E-state index contributed by atoms with van der Waals surface area (Å²) in [6, 6.07) is 1.62. The van der Waals surface area contributed by atoms with E-state index in [1.807, 2.05) is 19.0 Å². The van der Waals surface area contributed by atoms with Gasteiger partial charge in [-0.25, -0.2) is 4.98 Å². The number of nitrogens with zero attached hydrogens (tertiary/aromatic N) is 2. The second-order valence-electron chi connectivity index (χ2n) is 4.85. The molecule has 1 aliphatic rings. The van der Waals surface area contributed by atoms with Gasteiger partial charge in [-0.05, 0) is 38.3 Å². The average Bonchev–Trinajstić information content (AvgIpc) is 2.29. The summed E-state index contributed by atoms with van der Waals surface area (Å²) in [7, 11) is 3.76. The van der Waals surface area contributed by atoms with Crippen molar-refractivity contribution in [2.24, 2.45) is 5.92 Å². The number of anilines is 1. The second-order valence-corrected chi connectivity index (χ2v) is 4.85. The molecule has 0 aromatic carbocycles. The van der Waals surface area contributed by atoms with E-state index in [0.717, 1.165) is 25.2 Å². The van der Waals surface area contributed by atoms with E-state index >= 15 is 0 Å². The summed E-state index contributed by atoms with van der Waals surface area (Å²) in [6.45, 7) is 2.16. The molecule has 1 aromatic rings. The van der Waals surface area contributed by atoms with Crippen molar-refractivity contribution in [3.05, 3.63) is 22.1 Å². The summed E-state index contributed by atoms with van der Waals surface area (Å²) >= 11 is 0. The van der Waals surface area contributed by atoms with Crippen LogP contribution in [0.15, 0.2) is 10.9 Å². The van der Waals surface area contributed by atoms with Crippen LogP contribution in [0, 0.1) is 5.92 Å². The Morgan fingerprint density at radius 1 is 1.41 bits per heavy atom. The van der Waals surface area contributed by atoms with Crippen molar-refractivity contribution in [3.63, 3.8) is 0 Å². The molecule has 1 fully saturated rings. The molecule has 1 saturated heterocycles. The highest BCUT2D eigenvalue weighted by Crippen LogP contribution is 2.16. The first-order chi connectivity index (χ1) is 8.15. The summed E-state index contributed by atoms with van der Waals surface area (Å²) in [5, 5.41) is 3.34. The molecule has 0 radical (unpaired) electrons. The molecule has 0 bridgehead atoms. The summed E-state index contributed by atoms with van der Waals surface area (Å²) < 4.78 is 0. The highest BCUT2D eigenvalue weighted by molar-refractivity contribution is 5.27. The number of piperidine rings is 1. The molecule has 2 N–H and O–H groups in total. The molecule has 0 unspecified atom stereocenters. The maximum Gasteiger partial charge on any atom is 0.252 e. The zero-order valence-corrected chi connectivity index (χ0v) is 10.5. The van der Waals surface area contributed by atoms with Crippen molar-refractivity contribution in [2.45, 2.75) is 19.3 Å². The van der Waals surface area contributed by atoms with Crippen LogP contribution in [-0.4, -0.2) is 37.2 Å². The van der Waals surface area contributed by atoms with Crippen LogP contribution in [0.1, 0.15) is 18.5 Å². The zero-order chi connectivity index (χ0) is 12.3. The number of aromatic amines is 1. The van der Waals surface area contributed by atoms with Crippen LogP contribution in [0.3, 0.4) is 0 Å². The fraction of sp³-hybridized carbons (Fsp3) is 0.667. The molecule has 5 nitrogen and oxygen atoms in total. The molecule has 0 spiro atoms. The van der Waals surface area contributed by atoms with Crippen LogP contribution in [0.5, 0.6) is 0 Å². The molecule has 2 rings (SSSR count). The molecule has 0 atom stereocenters. The molecule has 1 aliphatic heterocycles. The molecule has 0 aliphatic carbocycles. The maximum atomic E-state index is 11.5. The van der Waals surface area contributed by atoms with Gasteiger partial charge in [0.2, 0.25) is 5.95 Å². The van der Waals surface area contributed by atoms with Gasteiger partial charge in [0.25, 0.3) is 5.56 Å². The Bertz CT molecular complexity index is 421. The van der Waals surface area contributed by atoms with Crippen molar-refractivity contribution < 1.29 is 0 Å². The van der Waals surface area contributed by atoms with Gasteiger partial charge in [-0.1, -0.05) is 0 Å². The first-order valence-electron chi connectivity index (χ1n) is 6.13. The molecular weight excluding hydrogens is 216 g/mol. The van der Waals surface area contributed by atoms with Gasteiger partial charge in [-0.15, -0.1) is 0 Å². The SMILES string of the molecule is CN(C)c1nc(CC2CCNCC2)cc(=O)[nH]1. The second kappa shape index (κ2) is 5.31. The Hall–Kier alpha value is -1.36. The Morgan fingerprint density at radius 2 is 2.12 bits per heavy atom. The van der Waals surface area contributed by atoms with Crippen LogP contribution in [0.2, 0.25) is 0 Å². The van der Waals surface area contributed by atoms with Crippen LogP contribution >= 0.6 is 0 Å². The van der Waals surface area contributed by atoms with Gasteiger partial charge in [0.15, 0.2) is 0 Å². The van der Waals surface area contributed by atoms with Gasteiger partial charge in [-0.2, -0.15) is 0 Å². The Labute approximate surface area is 101 Å². The predicted octanol–water partition coefficient (Wildman–Crippen LogP) is 0.378. The number of H-pyrrole nitrogens is 1. The molecule has 0 amide bonds. The predicted molar refractivity (Wildman–Crippen MR) is 68.5 cm³/mol. The van der Waals surface area contributed by atoms with Crippen molar-refractivity contribution in [1.29, 1.82) is 0 Å². The van der Waals surface area contributed by atoms with E-state index in [9.17, 15) is 4.79 Å². The average molecular weight is 236 g/mol. The van der Waals surface area contributed by atoms with E-state index in [1.165, 1.54) is 12.8 Å². The lowest BCUT2D eigenvalue weighted by Gasteiger charge is -2.22. The van der Waals surface area contributed by atoms with Crippen LogP contribution < -0.4 is 15.8 Å². The van der Waals surface area contributed by atoms with E-state index < -0.39 is 0 Å². The zero-order valence-electron chi connectivity index (χ0n) is 10.5. The highest BCUT2D eigenvalue weighted by atomic mass is 16.1. The van der Waals surface area contributed by atoms with Crippen molar-refractivity contribution in [2.75, 3.05) is 32.1 Å². The number of hydrogen-bond acceptors (Lipinski definition) is 4. The van der Waals surface area contributed by atoms with Gasteiger partial charge in [0.05, 0.1) is 5.69 Å². The minimum absolute atomic E-state index is 0.0624. The first kappa shape index (κ1) is 12.1. The number of hydrogen-bond donors (Lipinski definition) is 2. The third-order valence-electron chi connectivity index (χ3n) is 3.16. The van der Waals surface area contributed by atoms with E-state index in [0.29, 0.717) is 11.9 Å². The summed E-state index contributed by atoms with van der Waals surface area (Å²) in [6.07, 6.45) is 3.25. The number of aromatic nitrogens is 2. The number of nitrogens with one attached hydrogen (secondary N) is 2. The van der Waals surface area contributed by atoms with Crippen LogP contribution in [0.4, 0.5) is 5.95 Å². The van der Waals surface area contributed by atoms with E-state index in [2.05, 4.69) is 15.3 Å². The lowest BCUT2D eigenvalue weighted by molar-refractivity contribution is 0.370. The van der Waals surface area contributed by atoms with Crippen molar-refractivity contribution in [3.8, 4) is 0 Å². The fourth-order valence-electron chi connectivity index (χ4n) is 2.19. The molecule has 17 heavy (non-hydrogen) atoms. The lowest BCUT2D eigenvalue weighted by Crippen LogP contribution is -2.29. The molecule has 94 valence electrons. The topological polar surface area (TPSA) is 61.0 Å². The summed E-state index contributed by atoms with van der Waals surface area (Å²) in [5.74, 6) is 1.29. The van der Waals surface area contributed by atoms with Gasteiger partial charge in [0.1, 0.15) is 0 Å². The largest absolute Gasteiger partial charge is 0.348 e. The van der Waals surface area contributed by atoms with Crippen molar-refractivity contribution >= 4 is 5.95 Å². The quantitative estimate of drug-likeness (QED) is 0.796. The molecular formula is C12H20N4O. The Kier molecular flexibility index (Phi) is 3.78. The number of rotatable bonds is 3.